The molecule has 4 rings (SSSR count). The summed E-state index contributed by atoms with van der Waals surface area (Å²) in [6.45, 7) is 2.01. The minimum atomic E-state index is -0.452. The highest BCUT2D eigenvalue weighted by molar-refractivity contribution is 6.02. The van der Waals surface area contributed by atoms with Crippen molar-refractivity contribution in [2.45, 2.75) is 38.0 Å². The molecule has 1 amide bonds. The maximum atomic E-state index is 13.1. The summed E-state index contributed by atoms with van der Waals surface area (Å²) in [5.41, 5.74) is 10.8. The molecular formula is C23H22N2O2. The van der Waals surface area contributed by atoms with Gasteiger partial charge in [0.2, 0.25) is 5.91 Å². The third-order valence-electron chi connectivity index (χ3n) is 5.50. The van der Waals surface area contributed by atoms with Crippen LogP contribution in [0.1, 0.15) is 59.5 Å². The van der Waals surface area contributed by atoms with Gasteiger partial charge in [0.1, 0.15) is 0 Å². The first-order valence-corrected chi connectivity index (χ1v) is 9.28. The lowest BCUT2D eigenvalue weighted by Gasteiger charge is -2.32. The van der Waals surface area contributed by atoms with Crippen LogP contribution in [0.4, 0.5) is 0 Å². The van der Waals surface area contributed by atoms with Crippen LogP contribution < -0.4 is 5.73 Å². The molecule has 1 aliphatic heterocycles. The molecule has 136 valence electrons. The quantitative estimate of drug-likeness (QED) is 0.896. The second-order valence-corrected chi connectivity index (χ2v) is 7.39. The van der Waals surface area contributed by atoms with Crippen molar-refractivity contribution in [2.24, 2.45) is 10.7 Å². The third kappa shape index (κ3) is 3.35. The van der Waals surface area contributed by atoms with Crippen LogP contribution in [0.3, 0.4) is 0 Å². The number of amides is 1. The fraction of sp³-hybridized carbons (Fsp3) is 0.261. The zero-order chi connectivity index (χ0) is 19.0. The Bertz CT molecular complexity index is 973. The molecule has 4 heteroatoms. The molecule has 0 aromatic heterocycles. The molecule has 27 heavy (non-hydrogen) atoms. The molecule has 2 atom stereocenters. The number of nitrogens with two attached hydrogens (primary N) is 1. The minimum absolute atomic E-state index is 0.0546. The summed E-state index contributed by atoms with van der Waals surface area (Å²) in [5, 5.41) is 0. The number of aliphatic imine (C=N–C) groups is 1. The number of carbonyl (C=O) groups excluding carboxylic acids is 2. The van der Waals surface area contributed by atoms with Gasteiger partial charge in [-0.3, -0.25) is 14.6 Å². The number of Topliss-reactive ketones (excluding diaryl/α,β-unsaturated/α-hetero) is 1. The summed E-state index contributed by atoms with van der Waals surface area (Å²) in [5.74, 6) is -0.173. The fourth-order valence-corrected chi connectivity index (χ4v) is 4.24. The lowest BCUT2D eigenvalue weighted by atomic mass is 9.73. The summed E-state index contributed by atoms with van der Waals surface area (Å²) < 4.78 is 0. The first-order chi connectivity index (χ1) is 13.0. The van der Waals surface area contributed by atoms with Crippen LogP contribution in [-0.4, -0.2) is 17.4 Å². The SMILES string of the molecule is CC1=NC2=C(C(=O)CC(c3ccccc3)C2)C(c2cccc(C(N)=O)c2)C1. The molecule has 0 saturated heterocycles. The zero-order valence-electron chi connectivity index (χ0n) is 15.3. The minimum Gasteiger partial charge on any atom is -0.366 e. The molecular weight excluding hydrogens is 336 g/mol. The van der Waals surface area contributed by atoms with E-state index in [1.165, 1.54) is 5.56 Å². The lowest BCUT2D eigenvalue weighted by Crippen LogP contribution is -2.26. The van der Waals surface area contributed by atoms with Gasteiger partial charge in [-0.2, -0.15) is 0 Å². The van der Waals surface area contributed by atoms with Crippen molar-refractivity contribution in [3.63, 3.8) is 0 Å². The molecule has 2 aromatic carbocycles. The van der Waals surface area contributed by atoms with E-state index in [0.717, 1.165) is 29.0 Å². The Morgan fingerprint density at radius 1 is 1.00 bits per heavy atom. The summed E-state index contributed by atoms with van der Waals surface area (Å²) in [4.78, 5) is 29.4. The number of rotatable bonds is 3. The summed E-state index contributed by atoms with van der Waals surface area (Å²) in [6.07, 6.45) is 1.97. The monoisotopic (exact) mass is 358 g/mol. The van der Waals surface area contributed by atoms with E-state index < -0.39 is 5.91 Å². The molecule has 0 fully saturated rings. The summed E-state index contributed by atoms with van der Waals surface area (Å²) >= 11 is 0. The summed E-state index contributed by atoms with van der Waals surface area (Å²) in [6, 6.07) is 17.5. The van der Waals surface area contributed by atoms with Crippen molar-refractivity contribution in [1.29, 1.82) is 0 Å². The Morgan fingerprint density at radius 3 is 2.48 bits per heavy atom. The Hall–Kier alpha value is -3.01. The van der Waals surface area contributed by atoms with Gasteiger partial charge in [0.25, 0.3) is 0 Å². The number of benzene rings is 2. The van der Waals surface area contributed by atoms with E-state index in [1.807, 2.05) is 43.3 Å². The molecule has 2 unspecified atom stereocenters. The number of primary amides is 1. The molecule has 0 radical (unpaired) electrons. The van der Waals surface area contributed by atoms with Crippen molar-refractivity contribution in [2.75, 3.05) is 0 Å². The van der Waals surface area contributed by atoms with E-state index in [-0.39, 0.29) is 17.6 Å². The number of hydrogen-bond acceptors (Lipinski definition) is 3. The zero-order valence-corrected chi connectivity index (χ0v) is 15.3. The van der Waals surface area contributed by atoms with Crippen molar-refractivity contribution in [3.8, 4) is 0 Å². The molecule has 2 N–H and O–H groups in total. The second kappa shape index (κ2) is 6.95. The van der Waals surface area contributed by atoms with Crippen LogP contribution >= 0.6 is 0 Å². The average Bonchev–Trinajstić information content (AvgIpc) is 2.67. The Labute approximate surface area is 158 Å². The van der Waals surface area contributed by atoms with E-state index in [2.05, 4.69) is 12.1 Å². The second-order valence-electron chi connectivity index (χ2n) is 7.39. The standard InChI is InChI=1S/C23H22N2O2/c1-14-10-19(16-8-5-9-17(11-16)23(24)27)22-20(25-14)12-18(13-21(22)26)15-6-3-2-4-7-15/h2-9,11,18-19H,10,12-13H2,1H3,(H2,24,27). The topological polar surface area (TPSA) is 72.5 Å². The molecule has 2 aliphatic rings. The van der Waals surface area contributed by atoms with Gasteiger partial charge in [-0.25, -0.2) is 0 Å². The Morgan fingerprint density at radius 2 is 1.74 bits per heavy atom. The Balaban J connectivity index is 1.73. The van der Waals surface area contributed by atoms with Crippen molar-refractivity contribution < 1.29 is 9.59 Å². The first kappa shape index (κ1) is 17.4. The van der Waals surface area contributed by atoms with Crippen molar-refractivity contribution in [1.82, 2.24) is 0 Å². The van der Waals surface area contributed by atoms with Crippen LogP contribution in [-0.2, 0) is 4.79 Å². The maximum absolute atomic E-state index is 13.1. The van der Waals surface area contributed by atoms with Gasteiger partial charge in [0.15, 0.2) is 5.78 Å². The number of nitrogens with zero attached hydrogens (tertiary/aromatic N) is 1. The normalized spacial score (nSPS) is 22.3. The smallest absolute Gasteiger partial charge is 0.248 e. The molecule has 2 aromatic rings. The van der Waals surface area contributed by atoms with Crippen molar-refractivity contribution >= 4 is 17.4 Å². The summed E-state index contributed by atoms with van der Waals surface area (Å²) in [7, 11) is 0. The number of allylic oxidation sites excluding steroid dienone is 2. The first-order valence-electron chi connectivity index (χ1n) is 9.28. The van der Waals surface area contributed by atoms with E-state index >= 15 is 0 Å². The van der Waals surface area contributed by atoms with Crippen LogP contribution in [0.25, 0.3) is 0 Å². The predicted octanol–water partition coefficient (Wildman–Crippen LogP) is 4.13. The van der Waals surface area contributed by atoms with Gasteiger partial charge in [-0.15, -0.1) is 0 Å². The van der Waals surface area contributed by atoms with Crippen LogP contribution in [0.2, 0.25) is 0 Å². The van der Waals surface area contributed by atoms with Gasteiger partial charge >= 0.3 is 0 Å². The highest BCUT2D eigenvalue weighted by Gasteiger charge is 2.36. The predicted molar refractivity (Wildman–Crippen MR) is 106 cm³/mol. The fourth-order valence-electron chi connectivity index (χ4n) is 4.24. The van der Waals surface area contributed by atoms with E-state index in [0.29, 0.717) is 18.4 Å². The van der Waals surface area contributed by atoms with Crippen LogP contribution in [0.5, 0.6) is 0 Å². The van der Waals surface area contributed by atoms with Gasteiger partial charge in [-0.1, -0.05) is 42.5 Å². The highest BCUT2D eigenvalue weighted by Crippen LogP contribution is 2.44. The molecule has 0 spiro atoms. The number of carbonyl (C=O) groups is 2. The molecule has 4 nitrogen and oxygen atoms in total. The average molecular weight is 358 g/mol. The van der Waals surface area contributed by atoms with E-state index in [9.17, 15) is 9.59 Å². The van der Waals surface area contributed by atoms with Gasteiger partial charge in [0.05, 0.1) is 0 Å². The van der Waals surface area contributed by atoms with E-state index in [4.69, 9.17) is 10.7 Å². The number of hydrogen-bond donors (Lipinski definition) is 1. The lowest BCUT2D eigenvalue weighted by molar-refractivity contribution is -0.116. The van der Waals surface area contributed by atoms with Crippen LogP contribution in [0.15, 0.2) is 70.9 Å². The van der Waals surface area contributed by atoms with Gasteiger partial charge in [0, 0.05) is 34.9 Å². The van der Waals surface area contributed by atoms with Crippen molar-refractivity contribution in [3.05, 3.63) is 82.6 Å². The van der Waals surface area contributed by atoms with Gasteiger partial charge < -0.3 is 5.73 Å². The maximum Gasteiger partial charge on any atom is 0.248 e. The molecule has 1 aliphatic carbocycles. The van der Waals surface area contributed by atoms with Crippen LogP contribution in [0, 0.1) is 0 Å². The molecule has 0 saturated carbocycles. The van der Waals surface area contributed by atoms with E-state index in [1.54, 1.807) is 6.07 Å². The van der Waals surface area contributed by atoms with Gasteiger partial charge in [-0.05, 0) is 48.9 Å². The number of ketones is 1. The Kier molecular flexibility index (Phi) is 4.48. The third-order valence-corrected chi connectivity index (χ3v) is 5.50. The molecule has 0 bridgehead atoms. The highest BCUT2D eigenvalue weighted by atomic mass is 16.1. The molecule has 1 heterocycles. The largest absolute Gasteiger partial charge is 0.366 e.